The second-order valence-electron chi connectivity index (χ2n) is 5.35. The van der Waals surface area contributed by atoms with E-state index in [9.17, 15) is 4.79 Å². The Morgan fingerprint density at radius 3 is 2.80 bits per heavy atom. The largest absolute Gasteiger partial charge is 0.443 e. The van der Waals surface area contributed by atoms with Gasteiger partial charge in [0.05, 0.1) is 0 Å². The maximum Gasteiger partial charge on any atom is 0.421 e. The number of carbonyl (C=O) groups is 1. The summed E-state index contributed by atoms with van der Waals surface area (Å²) in [5, 5.41) is 3.03. The van der Waals surface area contributed by atoms with Gasteiger partial charge in [-0.1, -0.05) is 6.07 Å². The van der Waals surface area contributed by atoms with Crippen molar-refractivity contribution in [3.8, 4) is 0 Å². The predicted molar refractivity (Wildman–Crippen MR) is 78.0 cm³/mol. The first kappa shape index (κ1) is 13.9. The van der Waals surface area contributed by atoms with Crippen LogP contribution in [0.25, 0.3) is 0 Å². The van der Waals surface area contributed by atoms with E-state index in [0.29, 0.717) is 11.6 Å². The molecule has 0 aliphatic rings. The van der Waals surface area contributed by atoms with Gasteiger partial charge >= 0.3 is 6.09 Å². The van der Waals surface area contributed by atoms with E-state index in [-0.39, 0.29) is 0 Å². The van der Waals surface area contributed by atoms with E-state index in [1.54, 1.807) is 18.3 Å². The molecular weight excluding hydrogens is 256 g/mol. The molecule has 0 spiro atoms. The van der Waals surface area contributed by atoms with Gasteiger partial charge in [-0.15, -0.1) is 0 Å². The summed E-state index contributed by atoms with van der Waals surface area (Å²) in [5.74, 6) is 0.379. The molecule has 2 aromatic rings. The number of hydrogen-bond acceptors (Lipinski definition) is 5. The molecule has 1 heterocycles. The minimum atomic E-state index is -0.560. The minimum Gasteiger partial charge on any atom is -0.443 e. The highest BCUT2D eigenvalue weighted by Gasteiger charge is 2.19. The third kappa shape index (κ3) is 3.50. The zero-order valence-corrected chi connectivity index (χ0v) is 11.8. The number of rotatable bonds is 2. The van der Waals surface area contributed by atoms with Crippen molar-refractivity contribution >= 4 is 23.4 Å². The van der Waals surface area contributed by atoms with Crippen LogP contribution in [0.2, 0.25) is 0 Å². The van der Waals surface area contributed by atoms with E-state index in [1.807, 2.05) is 32.9 Å². The Bertz CT molecular complexity index is 614. The number of ether oxygens (including phenoxy) is 1. The molecule has 0 atom stereocenters. The zero-order chi connectivity index (χ0) is 14.8. The molecule has 6 nitrogen and oxygen atoms in total. The molecule has 1 aromatic carbocycles. The van der Waals surface area contributed by atoms with Crippen LogP contribution in [0.4, 0.5) is 22.1 Å². The van der Waals surface area contributed by atoms with Gasteiger partial charge in [-0.25, -0.2) is 14.3 Å². The van der Waals surface area contributed by atoms with Crippen LogP contribution in [0.1, 0.15) is 20.8 Å². The highest BCUT2D eigenvalue weighted by molar-refractivity contribution is 5.76. The van der Waals surface area contributed by atoms with Crippen molar-refractivity contribution < 1.29 is 9.53 Å². The minimum absolute atomic E-state index is 0.379. The number of imidazole rings is 1. The van der Waals surface area contributed by atoms with E-state index in [0.717, 1.165) is 5.69 Å². The quantitative estimate of drug-likeness (QED) is 0.823. The summed E-state index contributed by atoms with van der Waals surface area (Å²) in [5.41, 5.74) is 6.53. The molecule has 0 aliphatic heterocycles. The Kier molecular flexibility index (Phi) is 3.65. The third-order valence-corrected chi connectivity index (χ3v) is 2.37. The number of hydrogen-bond donors (Lipinski definition) is 2. The van der Waals surface area contributed by atoms with Crippen molar-refractivity contribution in [1.29, 1.82) is 0 Å². The smallest absolute Gasteiger partial charge is 0.421 e. The first-order chi connectivity index (χ1) is 9.35. The van der Waals surface area contributed by atoms with Crippen molar-refractivity contribution in [2.45, 2.75) is 26.4 Å². The lowest BCUT2D eigenvalue weighted by atomic mass is 10.2. The van der Waals surface area contributed by atoms with Crippen molar-refractivity contribution in [3.05, 3.63) is 36.7 Å². The fourth-order valence-corrected chi connectivity index (χ4v) is 1.60. The Balaban J connectivity index is 2.19. The molecule has 0 saturated heterocycles. The predicted octanol–water partition coefficient (Wildman–Crippen LogP) is 2.99. The molecule has 6 heteroatoms. The van der Waals surface area contributed by atoms with Gasteiger partial charge in [-0.3, -0.25) is 0 Å². The van der Waals surface area contributed by atoms with Gasteiger partial charge in [0.25, 0.3) is 0 Å². The van der Waals surface area contributed by atoms with Crippen molar-refractivity contribution in [3.63, 3.8) is 0 Å². The fourth-order valence-electron chi connectivity index (χ4n) is 1.60. The molecule has 20 heavy (non-hydrogen) atoms. The van der Waals surface area contributed by atoms with Crippen LogP contribution < -0.4 is 11.1 Å². The maximum absolute atomic E-state index is 12.0. The van der Waals surface area contributed by atoms with Gasteiger partial charge in [0.2, 0.25) is 5.95 Å². The van der Waals surface area contributed by atoms with Crippen LogP contribution in [0.15, 0.2) is 36.7 Å². The van der Waals surface area contributed by atoms with Crippen molar-refractivity contribution in [1.82, 2.24) is 9.55 Å². The number of nitrogens with two attached hydrogens (primary N) is 1. The standard InChI is InChI=1S/C14H18N4O2/c1-14(2,3)20-13(19)18-8-7-16-12(18)17-11-6-4-5-10(15)9-11/h4-9H,15H2,1-3H3,(H,16,17). The first-order valence-corrected chi connectivity index (χ1v) is 6.24. The van der Waals surface area contributed by atoms with Crippen molar-refractivity contribution in [2.24, 2.45) is 0 Å². The molecule has 0 aliphatic carbocycles. The molecule has 0 saturated carbocycles. The van der Waals surface area contributed by atoms with E-state index < -0.39 is 11.7 Å². The number of nitrogens with one attached hydrogen (secondary N) is 1. The Morgan fingerprint density at radius 1 is 1.40 bits per heavy atom. The highest BCUT2D eigenvalue weighted by Crippen LogP contribution is 2.18. The topological polar surface area (TPSA) is 82.2 Å². The summed E-state index contributed by atoms with van der Waals surface area (Å²) in [6, 6.07) is 7.20. The molecule has 0 fully saturated rings. The summed E-state index contributed by atoms with van der Waals surface area (Å²) < 4.78 is 6.62. The molecular formula is C14H18N4O2. The van der Waals surface area contributed by atoms with E-state index in [1.165, 1.54) is 10.8 Å². The molecule has 0 amide bonds. The summed E-state index contributed by atoms with van der Waals surface area (Å²) in [4.78, 5) is 16.1. The van der Waals surface area contributed by atoms with E-state index >= 15 is 0 Å². The zero-order valence-electron chi connectivity index (χ0n) is 11.8. The number of nitrogen functional groups attached to an aromatic ring is 1. The van der Waals surface area contributed by atoms with Crippen LogP contribution in [0, 0.1) is 0 Å². The number of benzene rings is 1. The monoisotopic (exact) mass is 274 g/mol. The Morgan fingerprint density at radius 2 is 2.15 bits per heavy atom. The van der Waals surface area contributed by atoms with E-state index in [4.69, 9.17) is 10.5 Å². The molecule has 106 valence electrons. The fraction of sp³-hybridized carbons (Fsp3) is 0.286. The van der Waals surface area contributed by atoms with Gasteiger partial charge in [-0.05, 0) is 39.0 Å². The van der Waals surface area contributed by atoms with Crippen LogP contribution in [0.3, 0.4) is 0 Å². The number of anilines is 3. The normalized spacial score (nSPS) is 11.2. The molecule has 0 bridgehead atoms. The molecule has 2 rings (SSSR count). The SMILES string of the molecule is CC(C)(C)OC(=O)n1ccnc1Nc1cccc(N)c1. The maximum atomic E-state index is 12.0. The third-order valence-electron chi connectivity index (χ3n) is 2.37. The second kappa shape index (κ2) is 5.24. The Hall–Kier alpha value is -2.50. The van der Waals surface area contributed by atoms with Gasteiger partial charge in [-0.2, -0.15) is 0 Å². The van der Waals surface area contributed by atoms with Gasteiger partial charge < -0.3 is 15.8 Å². The lowest BCUT2D eigenvalue weighted by Crippen LogP contribution is -2.27. The first-order valence-electron chi connectivity index (χ1n) is 6.24. The average Bonchev–Trinajstić information content (AvgIpc) is 2.75. The van der Waals surface area contributed by atoms with Crippen LogP contribution in [-0.2, 0) is 4.74 Å². The van der Waals surface area contributed by atoms with Crippen molar-refractivity contribution in [2.75, 3.05) is 11.1 Å². The summed E-state index contributed by atoms with van der Waals surface area (Å²) in [6.07, 6.45) is 2.59. The van der Waals surface area contributed by atoms with Gasteiger partial charge in [0.1, 0.15) is 5.60 Å². The Labute approximate surface area is 117 Å². The summed E-state index contributed by atoms with van der Waals surface area (Å²) in [7, 11) is 0. The number of carbonyl (C=O) groups excluding carboxylic acids is 1. The molecule has 1 aromatic heterocycles. The average molecular weight is 274 g/mol. The number of aromatic nitrogens is 2. The second-order valence-corrected chi connectivity index (χ2v) is 5.35. The summed E-state index contributed by atoms with van der Waals surface area (Å²) >= 11 is 0. The van der Waals surface area contributed by atoms with Gasteiger partial charge in [0.15, 0.2) is 0 Å². The lowest BCUT2D eigenvalue weighted by molar-refractivity contribution is 0.0540. The van der Waals surface area contributed by atoms with Gasteiger partial charge in [0, 0.05) is 23.8 Å². The van der Waals surface area contributed by atoms with Crippen LogP contribution in [-0.4, -0.2) is 21.2 Å². The number of nitrogens with zero attached hydrogens (tertiary/aromatic N) is 2. The molecule has 0 unspecified atom stereocenters. The van der Waals surface area contributed by atoms with Crippen LogP contribution in [0.5, 0.6) is 0 Å². The lowest BCUT2D eigenvalue weighted by Gasteiger charge is -2.20. The summed E-state index contributed by atoms with van der Waals surface area (Å²) in [6.45, 7) is 5.44. The molecule has 3 N–H and O–H groups in total. The molecule has 0 radical (unpaired) electrons. The van der Waals surface area contributed by atoms with E-state index in [2.05, 4.69) is 10.3 Å². The van der Waals surface area contributed by atoms with Crippen LogP contribution >= 0.6 is 0 Å². The highest BCUT2D eigenvalue weighted by atomic mass is 16.6.